The van der Waals surface area contributed by atoms with Crippen molar-refractivity contribution >= 4 is 17.8 Å². The van der Waals surface area contributed by atoms with Crippen LogP contribution in [0.3, 0.4) is 0 Å². The number of carboxylic acids is 2. The summed E-state index contributed by atoms with van der Waals surface area (Å²) in [6.07, 6.45) is 5.11. The van der Waals surface area contributed by atoms with Gasteiger partial charge in [-0.1, -0.05) is 36.8 Å². The van der Waals surface area contributed by atoms with Crippen LogP contribution >= 0.6 is 0 Å². The lowest BCUT2D eigenvalue weighted by molar-refractivity contribution is -0.138. The third kappa shape index (κ3) is 9.98. The van der Waals surface area contributed by atoms with Gasteiger partial charge in [0.15, 0.2) is 0 Å². The van der Waals surface area contributed by atoms with Gasteiger partial charge in [-0.25, -0.2) is 0 Å². The molecular formula is C33H39NO7. The highest BCUT2D eigenvalue weighted by atomic mass is 16.5. The Morgan fingerprint density at radius 1 is 0.756 bits per heavy atom. The molecule has 0 saturated heterocycles. The van der Waals surface area contributed by atoms with Gasteiger partial charge < -0.3 is 25.0 Å². The number of unbranched alkanes of at least 4 members (excludes halogenated alkanes) is 2. The Morgan fingerprint density at radius 3 is 2.15 bits per heavy atom. The Balaban J connectivity index is 1.65. The first-order chi connectivity index (χ1) is 19.6. The normalized spacial score (nSPS) is 10.8. The third-order valence-corrected chi connectivity index (χ3v) is 6.87. The zero-order valence-electron chi connectivity index (χ0n) is 23.8. The van der Waals surface area contributed by atoms with Crippen molar-refractivity contribution in [3.05, 3.63) is 82.9 Å². The number of carbonyl (C=O) groups is 3. The Kier molecular flexibility index (Phi) is 11.8. The first-order valence-corrected chi connectivity index (χ1v) is 14.0. The first-order valence-electron chi connectivity index (χ1n) is 14.0. The molecule has 0 aliphatic carbocycles. The summed E-state index contributed by atoms with van der Waals surface area (Å²) in [6, 6.07) is 18.6. The molecule has 0 saturated carbocycles. The number of aryl methyl sites for hydroxylation is 2. The molecule has 0 heterocycles. The summed E-state index contributed by atoms with van der Waals surface area (Å²) >= 11 is 0. The topological polar surface area (TPSA) is 124 Å². The summed E-state index contributed by atoms with van der Waals surface area (Å²) in [5.41, 5.74) is 5.47. The number of rotatable bonds is 16. The third-order valence-electron chi connectivity index (χ3n) is 6.87. The maximum Gasteiger partial charge on any atom is 0.303 e. The minimum absolute atomic E-state index is 0.00608. The smallest absolute Gasteiger partial charge is 0.303 e. The zero-order chi connectivity index (χ0) is 29.8. The molecule has 0 spiro atoms. The van der Waals surface area contributed by atoms with E-state index in [0.717, 1.165) is 59.9 Å². The van der Waals surface area contributed by atoms with Gasteiger partial charge >= 0.3 is 11.9 Å². The molecule has 3 rings (SSSR count). The number of amides is 1. The standard InChI is InChI=1S/C33H39NO7/c1-34(2)33(40)27-21-23(20-26(22-27)24-13-15-28(35)16-14-24)8-4-3-5-9-25-10-6-11-30(29(25)17-18-32(38)39)41-19-7-12-31(36)37/h6,10-11,13-16,20-22,35H,3-5,7-9,12,17-19H2,1-2H3,(H,36,37)(H,38,39). The summed E-state index contributed by atoms with van der Waals surface area (Å²) in [7, 11) is 3.46. The number of carboxylic acid groups (broad SMARTS) is 2. The van der Waals surface area contributed by atoms with Gasteiger partial charge in [-0.15, -0.1) is 0 Å². The van der Waals surface area contributed by atoms with Crippen LogP contribution in [0.5, 0.6) is 11.5 Å². The highest BCUT2D eigenvalue weighted by Crippen LogP contribution is 2.28. The molecule has 1 amide bonds. The van der Waals surface area contributed by atoms with Crippen molar-refractivity contribution in [1.82, 2.24) is 4.90 Å². The molecule has 8 heteroatoms. The van der Waals surface area contributed by atoms with Crippen molar-refractivity contribution in [2.75, 3.05) is 20.7 Å². The molecule has 0 aromatic heterocycles. The Labute approximate surface area is 241 Å². The molecular weight excluding hydrogens is 522 g/mol. The molecule has 3 aromatic carbocycles. The van der Waals surface area contributed by atoms with E-state index in [0.29, 0.717) is 24.2 Å². The Hall–Kier alpha value is -4.33. The maximum absolute atomic E-state index is 12.7. The highest BCUT2D eigenvalue weighted by molar-refractivity contribution is 5.95. The van der Waals surface area contributed by atoms with Crippen LogP contribution in [-0.2, 0) is 28.9 Å². The molecule has 0 atom stereocenters. The Morgan fingerprint density at radius 2 is 1.46 bits per heavy atom. The average molecular weight is 562 g/mol. The number of aliphatic carboxylic acids is 2. The van der Waals surface area contributed by atoms with Gasteiger partial charge in [0, 0.05) is 32.5 Å². The van der Waals surface area contributed by atoms with Gasteiger partial charge in [0.25, 0.3) is 5.91 Å². The second-order valence-corrected chi connectivity index (χ2v) is 10.4. The summed E-state index contributed by atoms with van der Waals surface area (Å²) in [5.74, 6) is -1.00. The molecule has 0 aliphatic heterocycles. The van der Waals surface area contributed by atoms with E-state index in [4.69, 9.17) is 9.84 Å². The molecule has 0 aliphatic rings. The van der Waals surface area contributed by atoms with Gasteiger partial charge in [-0.2, -0.15) is 0 Å². The molecule has 3 N–H and O–H groups in total. The molecule has 0 bridgehead atoms. The van der Waals surface area contributed by atoms with E-state index >= 15 is 0 Å². The predicted octanol–water partition coefficient (Wildman–Crippen LogP) is 5.98. The van der Waals surface area contributed by atoms with Crippen LogP contribution in [0.1, 0.15) is 65.6 Å². The minimum Gasteiger partial charge on any atom is -0.508 e. The lowest BCUT2D eigenvalue weighted by atomic mass is 9.95. The highest BCUT2D eigenvalue weighted by Gasteiger charge is 2.14. The number of carbonyl (C=O) groups excluding carboxylic acids is 1. The SMILES string of the molecule is CN(C)C(=O)c1cc(CCCCCc2cccc(OCCCC(=O)O)c2CCC(=O)O)cc(-c2ccc(O)cc2)c1. The fraction of sp³-hybridized carbons (Fsp3) is 0.364. The largest absolute Gasteiger partial charge is 0.508 e. The second kappa shape index (κ2) is 15.5. The number of aromatic hydroxyl groups is 1. The summed E-state index contributed by atoms with van der Waals surface area (Å²) in [4.78, 5) is 36.4. The number of benzene rings is 3. The van der Waals surface area contributed by atoms with Crippen molar-refractivity contribution in [2.45, 2.75) is 57.8 Å². The summed E-state index contributed by atoms with van der Waals surface area (Å²) < 4.78 is 5.85. The van der Waals surface area contributed by atoms with Gasteiger partial charge in [-0.05, 0) is 96.7 Å². The average Bonchev–Trinajstić information content (AvgIpc) is 2.94. The van der Waals surface area contributed by atoms with E-state index in [-0.39, 0.29) is 31.1 Å². The van der Waals surface area contributed by atoms with Gasteiger partial charge in [0.2, 0.25) is 0 Å². The lowest BCUT2D eigenvalue weighted by Crippen LogP contribution is -2.21. The molecule has 218 valence electrons. The number of phenolic OH excluding ortho intramolecular Hbond substituents is 1. The van der Waals surface area contributed by atoms with Crippen molar-refractivity contribution in [3.63, 3.8) is 0 Å². The monoisotopic (exact) mass is 561 g/mol. The molecule has 3 aromatic rings. The second-order valence-electron chi connectivity index (χ2n) is 10.4. The van der Waals surface area contributed by atoms with Crippen molar-refractivity contribution in [1.29, 1.82) is 0 Å². The van der Waals surface area contributed by atoms with E-state index in [1.165, 1.54) is 0 Å². The van der Waals surface area contributed by atoms with Crippen LogP contribution in [0.15, 0.2) is 60.7 Å². The fourth-order valence-corrected chi connectivity index (χ4v) is 4.76. The van der Waals surface area contributed by atoms with Crippen LogP contribution < -0.4 is 4.74 Å². The minimum atomic E-state index is -0.877. The molecule has 0 unspecified atom stereocenters. The van der Waals surface area contributed by atoms with Crippen LogP contribution in [0.4, 0.5) is 0 Å². The van der Waals surface area contributed by atoms with Gasteiger partial charge in [0.05, 0.1) is 6.61 Å². The zero-order valence-corrected chi connectivity index (χ0v) is 23.8. The fourth-order valence-electron chi connectivity index (χ4n) is 4.76. The number of hydrogen-bond donors (Lipinski definition) is 3. The van der Waals surface area contributed by atoms with Gasteiger partial charge in [-0.3, -0.25) is 14.4 Å². The molecule has 41 heavy (non-hydrogen) atoms. The molecule has 8 nitrogen and oxygen atoms in total. The van der Waals surface area contributed by atoms with Crippen LogP contribution in [0.2, 0.25) is 0 Å². The summed E-state index contributed by atoms with van der Waals surface area (Å²) in [6.45, 7) is 0.261. The van der Waals surface area contributed by atoms with E-state index in [1.807, 2.05) is 42.5 Å². The van der Waals surface area contributed by atoms with Crippen LogP contribution in [0.25, 0.3) is 11.1 Å². The van der Waals surface area contributed by atoms with Crippen molar-refractivity contribution < 1.29 is 34.4 Å². The Bertz CT molecular complexity index is 1330. The quantitative estimate of drug-likeness (QED) is 0.184. The van der Waals surface area contributed by atoms with E-state index in [2.05, 4.69) is 6.07 Å². The number of nitrogens with zero attached hydrogens (tertiary/aromatic N) is 1. The predicted molar refractivity (Wildman–Crippen MR) is 158 cm³/mol. The maximum atomic E-state index is 12.7. The van der Waals surface area contributed by atoms with Crippen LogP contribution in [-0.4, -0.2) is 58.8 Å². The van der Waals surface area contributed by atoms with E-state index in [9.17, 15) is 24.6 Å². The number of hydrogen-bond acceptors (Lipinski definition) is 5. The first kappa shape index (κ1) is 31.2. The molecule has 0 fully saturated rings. The van der Waals surface area contributed by atoms with Crippen molar-refractivity contribution in [3.8, 4) is 22.6 Å². The van der Waals surface area contributed by atoms with E-state index in [1.54, 1.807) is 31.1 Å². The van der Waals surface area contributed by atoms with E-state index < -0.39 is 11.9 Å². The number of phenols is 1. The summed E-state index contributed by atoms with van der Waals surface area (Å²) in [5, 5.41) is 27.8. The number of ether oxygens (including phenoxy) is 1. The lowest BCUT2D eigenvalue weighted by Gasteiger charge is -2.16. The molecule has 0 radical (unpaired) electrons. The van der Waals surface area contributed by atoms with Crippen molar-refractivity contribution in [2.24, 2.45) is 0 Å². The van der Waals surface area contributed by atoms with Crippen LogP contribution in [0, 0.1) is 0 Å². The van der Waals surface area contributed by atoms with Gasteiger partial charge in [0.1, 0.15) is 11.5 Å².